The number of nitrogens with zero attached hydrogens (tertiary/aromatic N) is 2. The van der Waals surface area contributed by atoms with E-state index in [-0.39, 0.29) is 34.1 Å². The fraction of sp³-hybridized carbons (Fsp3) is 0.286. The van der Waals surface area contributed by atoms with Gasteiger partial charge in [-0.25, -0.2) is 0 Å². The minimum atomic E-state index is -0.559. The normalized spacial score (nSPS) is 20.1. The van der Waals surface area contributed by atoms with Gasteiger partial charge in [0.25, 0.3) is 0 Å². The largest absolute Gasteiger partial charge is 0.442 e. The molecule has 0 saturated carbocycles. The zero-order valence-electron chi connectivity index (χ0n) is 15.5. The lowest BCUT2D eigenvalue weighted by atomic mass is 9.70. The van der Waals surface area contributed by atoms with E-state index in [1.54, 1.807) is 6.07 Å². The molecule has 0 unspecified atom stereocenters. The summed E-state index contributed by atoms with van der Waals surface area (Å²) in [5.74, 6) is 0.216. The van der Waals surface area contributed by atoms with Crippen molar-refractivity contribution in [3.63, 3.8) is 0 Å². The van der Waals surface area contributed by atoms with Crippen molar-refractivity contribution in [2.45, 2.75) is 32.6 Å². The van der Waals surface area contributed by atoms with Crippen molar-refractivity contribution in [1.29, 1.82) is 5.26 Å². The number of Topliss-reactive ketones (excluding diaryl/α,β-unsaturated/α-hetero) is 1. The van der Waals surface area contributed by atoms with Gasteiger partial charge in [-0.2, -0.15) is 10.2 Å². The van der Waals surface area contributed by atoms with E-state index in [9.17, 15) is 10.1 Å². The third-order valence-electron chi connectivity index (χ3n) is 5.27. The molecule has 1 aliphatic heterocycles. The second-order valence-electron chi connectivity index (χ2n) is 7.95. The van der Waals surface area contributed by atoms with Crippen molar-refractivity contribution < 1.29 is 9.53 Å². The molecule has 0 spiro atoms. The van der Waals surface area contributed by atoms with Crippen LogP contribution in [0.4, 0.5) is 11.5 Å². The van der Waals surface area contributed by atoms with Crippen LogP contribution in [0.15, 0.2) is 35.6 Å². The summed E-state index contributed by atoms with van der Waals surface area (Å²) in [5.41, 5.74) is 14.0. The highest BCUT2D eigenvalue weighted by atomic mass is 35.5. The van der Waals surface area contributed by atoms with E-state index >= 15 is 0 Å². The fourth-order valence-corrected chi connectivity index (χ4v) is 4.30. The minimum Gasteiger partial charge on any atom is -0.442 e. The number of hydrogen-bond donors (Lipinski definition) is 2. The number of benzene rings is 1. The third-order valence-corrected chi connectivity index (χ3v) is 5.62. The summed E-state index contributed by atoms with van der Waals surface area (Å²) in [5, 5.41) is 9.97. The Morgan fingerprint density at radius 1 is 1.29 bits per heavy atom. The Kier molecular flexibility index (Phi) is 4.09. The number of anilines is 2. The molecule has 1 atom stereocenters. The van der Waals surface area contributed by atoms with Crippen molar-refractivity contribution in [2.75, 3.05) is 11.5 Å². The number of fused-ring (bicyclic) bond motifs is 1. The molecule has 1 aromatic heterocycles. The predicted octanol–water partition coefficient (Wildman–Crippen LogP) is 3.94. The minimum absolute atomic E-state index is 0.00195. The second kappa shape index (κ2) is 6.25. The van der Waals surface area contributed by atoms with Crippen LogP contribution in [0, 0.1) is 16.7 Å². The van der Waals surface area contributed by atoms with Crippen LogP contribution in [-0.4, -0.2) is 10.8 Å². The van der Waals surface area contributed by atoms with Crippen LogP contribution >= 0.6 is 11.6 Å². The molecule has 0 amide bonds. The number of rotatable bonds is 1. The number of aromatic nitrogens is 1. The molecule has 1 aromatic carbocycles. The standard InChI is InChI=1S/C21H19ClN4O2/c1-21(2)7-13(27)16-14(8-21)28-20-17(18(24)11(9-23)19(25)26-20)15(16)10-5-3-4-6-12(10)22/h3-6,15H,7-8H2,1-2H3,(H4,24,25,26)/t15-/m1/s1. The third kappa shape index (κ3) is 2.71. The molecule has 0 bridgehead atoms. The molecule has 2 heterocycles. The highest BCUT2D eigenvalue weighted by Gasteiger charge is 2.44. The predicted molar refractivity (Wildman–Crippen MR) is 107 cm³/mol. The lowest BCUT2D eigenvalue weighted by Gasteiger charge is -2.38. The number of nitrogens with two attached hydrogens (primary N) is 2. The molecule has 2 aliphatic rings. The summed E-state index contributed by atoms with van der Waals surface area (Å²) in [6, 6.07) is 9.27. The number of hydrogen-bond acceptors (Lipinski definition) is 6. The van der Waals surface area contributed by atoms with Gasteiger partial charge in [0.1, 0.15) is 23.2 Å². The van der Waals surface area contributed by atoms with E-state index in [4.69, 9.17) is 27.8 Å². The lowest BCUT2D eigenvalue weighted by Crippen LogP contribution is -2.33. The molecule has 2 aromatic rings. The van der Waals surface area contributed by atoms with Gasteiger partial charge >= 0.3 is 0 Å². The number of carbonyl (C=O) groups excluding carboxylic acids is 1. The van der Waals surface area contributed by atoms with Gasteiger partial charge in [0.05, 0.1) is 11.3 Å². The first-order valence-electron chi connectivity index (χ1n) is 8.91. The monoisotopic (exact) mass is 394 g/mol. The highest BCUT2D eigenvalue weighted by molar-refractivity contribution is 6.31. The Hall–Kier alpha value is -3.04. The first-order chi connectivity index (χ1) is 13.2. The van der Waals surface area contributed by atoms with Gasteiger partial charge in [0, 0.05) is 29.4 Å². The van der Waals surface area contributed by atoms with E-state index in [2.05, 4.69) is 4.98 Å². The molecule has 7 heteroatoms. The number of ether oxygens (including phenoxy) is 1. The van der Waals surface area contributed by atoms with Gasteiger partial charge in [-0.3, -0.25) is 4.79 Å². The van der Waals surface area contributed by atoms with Crippen LogP contribution in [0.25, 0.3) is 0 Å². The maximum absolute atomic E-state index is 13.1. The van der Waals surface area contributed by atoms with Gasteiger partial charge in [-0.05, 0) is 17.0 Å². The Labute approximate surface area is 167 Å². The zero-order chi connectivity index (χ0) is 20.2. The molecule has 142 valence electrons. The molecular weight excluding hydrogens is 376 g/mol. The van der Waals surface area contributed by atoms with Crippen LogP contribution < -0.4 is 16.2 Å². The highest BCUT2D eigenvalue weighted by Crippen LogP contribution is 2.52. The number of halogens is 1. The molecule has 0 saturated heterocycles. The van der Waals surface area contributed by atoms with Gasteiger partial charge in [-0.15, -0.1) is 0 Å². The van der Waals surface area contributed by atoms with Crippen molar-refractivity contribution >= 4 is 28.9 Å². The summed E-state index contributed by atoms with van der Waals surface area (Å²) < 4.78 is 6.03. The smallest absolute Gasteiger partial charge is 0.227 e. The number of carbonyl (C=O) groups is 1. The number of pyridine rings is 1. The van der Waals surface area contributed by atoms with E-state index in [1.165, 1.54) is 0 Å². The molecule has 28 heavy (non-hydrogen) atoms. The van der Waals surface area contributed by atoms with Gasteiger partial charge in [-0.1, -0.05) is 43.6 Å². The van der Waals surface area contributed by atoms with Crippen molar-refractivity contribution in [2.24, 2.45) is 5.41 Å². The SMILES string of the molecule is CC1(C)CC(=O)C2=C(C1)Oc1nc(N)c(C#N)c(N)c1[C@@H]2c1ccccc1Cl. The number of ketones is 1. The number of nitrogen functional groups attached to an aromatic ring is 2. The van der Waals surface area contributed by atoms with E-state index < -0.39 is 5.92 Å². The molecule has 0 fully saturated rings. The fourth-order valence-electron chi connectivity index (χ4n) is 4.06. The average molecular weight is 395 g/mol. The average Bonchev–Trinajstić information content (AvgIpc) is 2.59. The van der Waals surface area contributed by atoms with E-state index in [0.29, 0.717) is 34.8 Å². The van der Waals surface area contributed by atoms with Crippen molar-refractivity contribution in [3.05, 3.63) is 57.3 Å². The van der Waals surface area contributed by atoms with E-state index in [1.807, 2.05) is 38.1 Å². The van der Waals surface area contributed by atoms with Gasteiger partial charge < -0.3 is 16.2 Å². The van der Waals surface area contributed by atoms with Crippen molar-refractivity contribution in [3.8, 4) is 11.9 Å². The Balaban J connectivity index is 2.05. The molecule has 6 nitrogen and oxygen atoms in total. The van der Waals surface area contributed by atoms with Crippen LogP contribution in [0.2, 0.25) is 5.02 Å². The van der Waals surface area contributed by atoms with Gasteiger partial charge in [0.15, 0.2) is 5.78 Å². The number of nitriles is 1. The van der Waals surface area contributed by atoms with Crippen LogP contribution in [0.5, 0.6) is 5.88 Å². The van der Waals surface area contributed by atoms with Gasteiger partial charge in [0.2, 0.25) is 5.88 Å². The van der Waals surface area contributed by atoms with Crippen LogP contribution in [0.3, 0.4) is 0 Å². The molecule has 0 radical (unpaired) electrons. The van der Waals surface area contributed by atoms with Crippen LogP contribution in [-0.2, 0) is 4.79 Å². The summed E-state index contributed by atoms with van der Waals surface area (Å²) in [6.45, 7) is 4.04. The second-order valence-corrected chi connectivity index (χ2v) is 8.36. The summed E-state index contributed by atoms with van der Waals surface area (Å²) >= 11 is 6.49. The van der Waals surface area contributed by atoms with Crippen molar-refractivity contribution in [1.82, 2.24) is 4.98 Å². The summed E-state index contributed by atoms with van der Waals surface area (Å²) in [6.07, 6.45) is 0.967. The first-order valence-corrected chi connectivity index (χ1v) is 9.29. The summed E-state index contributed by atoms with van der Waals surface area (Å²) in [7, 11) is 0. The summed E-state index contributed by atoms with van der Waals surface area (Å²) in [4.78, 5) is 17.4. The maximum Gasteiger partial charge on any atom is 0.227 e. The first kappa shape index (κ1) is 18.3. The maximum atomic E-state index is 13.1. The van der Waals surface area contributed by atoms with Crippen LogP contribution in [0.1, 0.15) is 49.3 Å². The quantitative estimate of drug-likeness (QED) is 0.756. The molecular formula is C21H19ClN4O2. The Morgan fingerprint density at radius 2 is 2.00 bits per heavy atom. The molecule has 4 rings (SSSR count). The lowest BCUT2D eigenvalue weighted by molar-refractivity contribution is -0.118. The Morgan fingerprint density at radius 3 is 2.68 bits per heavy atom. The molecule has 1 aliphatic carbocycles. The zero-order valence-corrected chi connectivity index (χ0v) is 16.3. The van der Waals surface area contributed by atoms with E-state index in [0.717, 1.165) is 5.56 Å². The number of allylic oxidation sites excluding steroid dienone is 2. The topological polar surface area (TPSA) is 115 Å². The molecule has 4 N–H and O–H groups in total. The Bertz CT molecular complexity index is 1100.